The van der Waals surface area contributed by atoms with Gasteiger partial charge in [-0.15, -0.1) is 0 Å². The third-order valence-corrected chi connectivity index (χ3v) is 6.06. The van der Waals surface area contributed by atoms with E-state index < -0.39 is 0 Å². The number of hydrogen-bond donors (Lipinski definition) is 2. The van der Waals surface area contributed by atoms with Crippen molar-refractivity contribution in [3.8, 4) is 0 Å². The van der Waals surface area contributed by atoms with E-state index in [1.54, 1.807) is 12.1 Å². The van der Waals surface area contributed by atoms with Gasteiger partial charge in [0.25, 0.3) is 5.24 Å². The van der Waals surface area contributed by atoms with Gasteiger partial charge in [-0.1, -0.05) is 37.7 Å². The zero-order chi connectivity index (χ0) is 21.5. The Morgan fingerprint density at radius 2 is 1.87 bits per heavy atom. The summed E-state index contributed by atoms with van der Waals surface area (Å²) in [7, 11) is 0. The SMILES string of the molecule is CC(C)CC(CNC(=O)Nc1ccc(CN2C(=O)CSC2=O)cc1)N1CCOCC1. The van der Waals surface area contributed by atoms with Crippen LogP contribution >= 0.6 is 11.8 Å². The molecule has 9 heteroatoms. The van der Waals surface area contributed by atoms with Gasteiger partial charge in [0.2, 0.25) is 5.91 Å². The molecule has 3 rings (SSSR count). The van der Waals surface area contributed by atoms with Crippen molar-refractivity contribution in [1.82, 2.24) is 15.1 Å². The first-order valence-electron chi connectivity index (χ1n) is 10.3. The normalized spacial score (nSPS) is 18.7. The first kappa shape index (κ1) is 22.6. The van der Waals surface area contributed by atoms with Crippen LogP contribution in [0.3, 0.4) is 0 Å². The van der Waals surface area contributed by atoms with Crippen molar-refractivity contribution in [3.05, 3.63) is 29.8 Å². The highest BCUT2D eigenvalue weighted by Crippen LogP contribution is 2.22. The molecule has 0 aliphatic carbocycles. The van der Waals surface area contributed by atoms with Gasteiger partial charge in [-0.05, 0) is 30.0 Å². The maximum Gasteiger partial charge on any atom is 0.319 e. The average Bonchev–Trinajstić information content (AvgIpc) is 3.05. The molecule has 0 saturated carbocycles. The van der Waals surface area contributed by atoms with Crippen molar-refractivity contribution < 1.29 is 19.1 Å². The van der Waals surface area contributed by atoms with Gasteiger partial charge in [0, 0.05) is 31.4 Å². The predicted molar refractivity (Wildman–Crippen MR) is 118 cm³/mol. The number of carbonyl (C=O) groups is 3. The molecule has 2 saturated heterocycles. The summed E-state index contributed by atoms with van der Waals surface area (Å²) in [5.41, 5.74) is 1.51. The fourth-order valence-electron chi connectivity index (χ4n) is 3.64. The lowest BCUT2D eigenvalue weighted by atomic mass is 10.0. The van der Waals surface area contributed by atoms with E-state index in [2.05, 4.69) is 29.4 Å². The minimum Gasteiger partial charge on any atom is -0.379 e. The maximum absolute atomic E-state index is 12.4. The Bertz CT molecular complexity index is 734. The molecule has 2 N–H and O–H groups in total. The summed E-state index contributed by atoms with van der Waals surface area (Å²) >= 11 is 1.03. The number of urea groups is 1. The first-order chi connectivity index (χ1) is 14.4. The molecule has 1 aromatic carbocycles. The van der Waals surface area contributed by atoms with Crippen LogP contribution in [0.2, 0.25) is 0 Å². The predicted octanol–water partition coefficient (Wildman–Crippen LogP) is 2.75. The lowest BCUT2D eigenvalue weighted by molar-refractivity contribution is -0.125. The van der Waals surface area contributed by atoms with Gasteiger partial charge >= 0.3 is 6.03 Å². The molecule has 30 heavy (non-hydrogen) atoms. The summed E-state index contributed by atoms with van der Waals surface area (Å²) in [5, 5.41) is 5.62. The van der Waals surface area contributed by atoms with Crippen LogP contribution in [-0.2, 0) is 16.1 Å². The van der Waals surface area contributed by atoms with Gasteiger partial charge in [0.15, 0.2) is 0 Å². The number of nitrogens with zero attached hydrogens (tertiary/aromatic N) is 2. The molecule has 0 bridgehead atoms. The number of benzene rings is 1. The van der Waals surface area contributed by atoms with E-state index in [4.69, 9.17) is 4.74 Å². The van der Waals surface area contributed by atoms with E-state index in [9.17, 15) is 14.4 Å². The van der Waals surface area contributed by atoms with Crippen molar-refractivity contribution in [3.63, 3.8) is 0 Å². The van der Waals surface area contributed by atoms with E-state index in [-0.39, 0.29) is 35.5 Å². The van der Waals surface area contributed by atoms with Crippen LogP contribution in [0.25, 0.3) is 0 Å². The second kappa shape index (κ2) is 10.8. The van der Waals surface area contributed by atoms with Gasteiger partial charge in [-0.25, -0.2) is 4.79 Å². The molecule has 1 atom stereocenters. The molecule has 0 spiro atoms. The summed E-state index contributed by atoms with van der Waals surface area (Å²) in [5.74, 6) is 0.590. The molecule has 8 nitrogen and oxygen atoms in total. The summed E-state index contributed by atoms with van der Waals surface area (Å²) in [6.07, 6.45) is 1.02. The quantitative estimate of drug-likeness (QED) is 0.654. The number of morpholine rings is 1. The highest BCUT2D eigenvalue weighted by atomic mass is 32.2. The van der Waals surface area contributed by atoms with E-state index >= 15 is 0 Å². The lowest BCUT2D eigenvalue weighted by Crippen LogP contribution is -2.49. The first-order valence-corrected chi connectivity index (χ1v) is 11.3. The molecule has 0 radical (unpaired) electrons. The van der Waals surface area contributed by atoms with Gasteiger partial charge in [0.05, 0.1) is 25.5 Å². The number of rotatable bonds is 8. The van der Waals surface area contributed by atoms with Crippen molar-refractivity contribution in [1.29, 1.82) is 0 Å². The molecule has 2 aliphatic rings. The number of nitrogens with one attached hydrogen (secondary N) is 2. The molecule has 1 aromatic rings. The van der Waals surface area contributed by atoms with Crippen LogP contribution in [0.5, 0.6) is 0 Å². The highest BCUT2D eigenvalue weighted by molar-refractivity contribution is 8.14. The standard InChI is InChI=1S/C21H30N4O4S/c1-15(2)11-18(24-7-9-29-10-8-24)12-22-20(27)23-17-5-3-16(4-6-17)13-25-19(26)14-30-21(25)28/h3-6,15,18H,7-14H2,1-2H3,(H2,22,23,27). The number of hydrogen-bond acceptors (Lipinski definition) is 6. The molecular formula is C21H30N4O4S. The van der Waals surface area contributed by atoms with Crippen LogP contribution in [-0.4, -0.2) is 71.6 Å². The van der Waals surface area contributed by atoms with Crippen LogP contribution < -0.4 is 10.6 Å². The molecule has 2 fully saturated rings. The molecule has 0 aromatic heterocycles. The van der Waals surface area contributed by atoms with Crippen molar-refractivity contribution in [2.75, 3.05) is 43.9 Å². The van der Waals surface area contributed by atoms with Crippen molar-refractivity contribution in [2.45, 2.75) is 32.9 Å². The summed E-state index contributed by atoms with van der Waals surface area (Å²) in [6, 6.07) is 7.23. The van der Waals surface area contributed by atoms with Gasteiger partial charge in [-0.3, -0.25) is 19.4 Å². The molecule has 164 valence electrons. The third-order valence-electron chi connectivity index (χ3n) is 5.20. The van der Waals surface area contributed by atoms with Crippen LogP contribution in [0.4, 0.5) is 15.3 Å². The third kappa shape index (κ3) is 6.45. The number of thioether (sulfide) groups is 1. The molecule has 4 amide bonds. The second-order valence-electron chi connectivity index (χ2n) is 8.00. The zero-order valence-corrected chi connectivity index (χ0v) is 18.4. The summed E-state index contributed by atoms with van der Waals surface area (Å²) in [4.78, 5) is 39.4. The fraction of sp³-hybridized carbons (Fsp3) is 0.571. The Morgan fingerprint density at radius 1 is 1.17 bits per heavy atom. The highest BCUT2D eigenvalue weighted by Gasteiger charge is 2.29. The van der Waals surface area contributed by atoms with Gasteiger partial charge in [0.1, 0.15) is 0 Å². The van der Waals surface area contributed by atoms with Crippen LogP contribution in [0.1, 0.15) is 25.8 Å². The monoisotopic (exact) mass is 434 g/mol. The van der Waals surface area contributed by atoms with Crippen LogP contribution in [0.15, 0.2) is 24.3 Å². The molecule has 2 heterocycles. The van der Waals surface area contributed by atoms with E-state index in [0.29, 0.717) is 18.2 Å². The van der Waals surface area contributed by atoms with Gasteiger partial charge < -0.3 is 15.4 Å². The Hall–Kier alpha value is -2.10. The minimum absolute atomic E-state index is 0.164. The zero-order valence-electron chi connectivity index (χ0n) is 17.6. The minimum atomic E-state index is -0.244. The topological polar surface area (TPSA) is 91.0 Å². The Balaban J connectivity index is 1.48. The number of ether oxygens (including phenoxy) is 1. The van der Waals surface area contributed by atoms with E-state index in [1.807, 2.05) is 12.1 Å². The number of amides is 4. The van der Waals surface area contributed by atoms with Crippen molar-refractivity contribution in [2.24, 2.45) is 5.92 Å². The number of imide groups is 1. The Labute approximate surface area is 181 Å². The number of anilines is 1. The van der Waals surface area contributed by atoms with E-state index in [1.165, 1.54) is 4.90 Å². The van der Waals surface area contributed by atoms with E-state index in [0.717, 1.165) is 50.0 Å². The number of carbonyl (C=O) groups excluding carboxylic acids is 3. The van der Waals surface area contributed by atoms with Crippen LogP contribution in [0, 0.1) is 5.92 Å². The molecule has 2 aliphatic heterocycles. The Morgan fingerprint density at radius 3 is 2.47 bits per heavy atom. The van der Waals surface area contributed by atoms with Gasteiger partial charge in [-0.2, -0.15) is 0 Å². The average molecular weight is 435 g/mol. The lowest BCUT2D eigenvalue weighted by Gasteiger charge is -2.35. The maximum atomic E-state index is 12.4. The largest absolute Gasteiger partial charge is 0.379 e. The molecule has 1 unspecified atom stereocenters. The van der Waals surface area contributed by atoms with Crippen molar-refractivity contribution >= 4 is 34.6 Å². The summed E-state index contributed by atoms with van der Waals surface area (Å²) in [6.45, 7) is 8.48. The fourth-order valence-corrected chi connectivity index (χ4v) is 4.37. The summed E-state index contributed by atoms with van der Waals surface area (Å²) < 4.78 is 5.44. The second-order valence-corrected chi connectivity index (χ2v) is 8.92. The smallest absolute Gasteiger partial charge is 0.319 e. The Kier molecular flexibility index (Phi) is 8.12. The molecular weight excluding hydrogens is 404 g/mol.